The monoisotopic (exact) mass is 937 g/mol. The maximum Gasteiger partial charge on any atom is 0.328 e. The number of carbonyl (C=O) groups excluding carboxylic acids is 2. The molecule has 1 amide bonds. The summed E-state index contributed by atoms with van der Waals surface area (Å²) in [6.07, 6.45) is 11.9. The number of carboxylic acids is 1. The smallest absolute Gasteiger partial charge is 0.328 e. The van der Waals surface area contributed by atoms with Gasteiger partial charge in [0.05, 0.1) is 49.7 Å². The van der Waals surface area contributed by atoms with Gasteiger partial charge >= 0.3 is 11.9 Å². The lowest BCUT2D eigenvalue weighted by atomic mass is 9.71. The second kappa shape index (κ2) is 26.2. The van der Waals surface area contributed by atoms with Crippen LogP contribution in [0.4, 0.5) is 0 Å². The zero-order chi connectivity index (χ0) is 49.3. The van der Waals surface area contributed by atoms with E-state index in [4.69, 9.17) is 38.3 Å². The molecule has 3 saturated heterocycles. The van der Waals surface area contributed by atoms with Crippen LogP contribution in [0, 0.1) is 17.3 Å². The van der Waals surface area contributed by atoms with Crippen molar-refractivity contribution in [3.05, 3.63) is 120 Å². The SMILES string of the molecule is C/C=C\C=C\[C@@H]1O[C@](O)([C@H](CO[C@H]2C[C@H](OC)[C@H](O)[C@H](C)O2)C(=O)NC/C=C/C=C(\C)[C@@H](OC)[C@@H](C)[C@H]2C[C@H](O)[C@H](/C=C/C=C/C=C/C(=O)O)O2)[C@H](OC(=O)Cc2ccccc2)[C@H](O)C1(C)C. The minimum Gasteiger partial charge on any atom is -0.478 e. The van der Waals surface area contributed by atoms with Gasteiger partial charge in [-0.25, -0.2) is 4.79 Å². The van der Waals surface area contributed by atoms with E-state index in [9.17, 15) is 34.8 Å². The third-order valence-corrected chi connectivity index (χ3v) is 12.5. The van der Waals surface area contributed by atoms with Gasteiger partial charge in [0.15, 0.2) is 12.4 Å². The maximum absolute atomic E-state index is 14.5. The second-order valence-electron chi connectivity index (χ2n) is 17.7. The minimum absolute atomic E-state index is 0.0269. The van der Waals surface area contributed by atoms with Crippen molar-refractivity contribution in [2.24, 2.45) is 17.3 Å². The number of nitrogens with one attached hydrogen (secondary N) is 1. The Labute approximate surface area is 394 Å². The molecule has 3 aliphatic rings. The van der Waals surface area contributed by atoms with Crippen molar-refractivity contribution in [1.29, 1.82) is 0 Å². The van der Waals surface area contributed by atoms with Crippen LogP contribution >= 0.6 is 0 Å². The molecule has 0 spiro atoms. The first-order valence-electron chi connectivity index (χ1n) is 22.7. The number of esters is 1. The van der Waals surface area contributed by atoms with Gasteiger partial charge in [-0.1, -0.05) is 124 Å². The fourth-order valence-corrected chi connectivity index (χ4v) is 8.43. The summed E-state index contributed by atoms with van der Waals surface area (Å²) in [5, 5.41) is 57.7. The molecule has 3 aliphatic heterocycles. The largest absolute Gasteiger partial charge is 0.478 e. The molecule has 0 bridgehead atoms. The highest BCUT2D eigenvalue weighted by Crippen LogP contribution is 2.46. The van der Waals surface area contributed by atoms with Gasteiger partial charge in [0.1, 0.15) is 24.2 Å². The molecule has 16 nitrogen and oxygen atoms in total. The Balaban J connectivity index is 1.56. The molecule has 4 rings (SSSR count). The number of ether oxygens (including phenoxy) is 7. The number of carbonyl (C=O) groups is 3. The molecule has 0 aromatic heterocycles. The van der Waals surface area contributed by atoms with Crippen LogP contribution in [-0.4, -0.2) is 144 Å². The van der Waals surface area contributed by atoms with Crippen molar-refractivity contribution >= 4 is 17.8 Å². The third kappa shape index (κ3) is 15.2. The van der Waals surface area contributed by atoms with Crippen LogP contribution in [0.2, 0.25) is 0 Å². The van der Waals surface area contributed by atoms with Gasteiger partial charge in [-0.2, -0.15) is 0 Å². The fourth-order valence-electron chi connectivity index (χ4n) is 8.43. The lowest BCUT2D eigenvalue weighted by Crippen LogP contribution is -2.71. The van der Waals surface area contributed by atoms with Gasteiger partial charge in [0.25, 0.3) is 0 Å². The lowest BCUT2D eigenvalue weighted by molar-refractivity contribution is -0.367. The molecular weight excluding hydrogens is 867 g/mol. The molecule has 16 heteroatoms. The van der Waals surface area contributed by atoms with Crippen LogP contribution in [0.15, 0.2) is 115 Å². The van der Waals surface area contributed by atoms with Crippen LogP contribution in [-0.2, 0) is 54.0 Å². The number of hydrogen-bond acceptors (Lipinski definition) is 14. The Morgan fingerprint density at radius 1 is 0.955 bits per heavy atom. The van der Waals surface area contributed by atoms with Crippen LogP contribution in [0.1, 0.15) is 59.9 Å². The van der Waals surface area contributed by atoms with Crippen LogP contribution in [0.25, 0.3) is 0 Å². The number of aliphatic hydroxyl groups is 4. The Morgan fingerprint density at radius 2 is 1.66 bits per heavy atom. The highest BCUT2D eigenvalue weighted by Gasteiger charge is 2.63. The predicted molar refractivity (Wildman–Crippen MR) is 249 cm³/mol. The van der Waals surface area contributed by atoms with E-state index in [2.05, 4.69) is 5.32 Å². The number of amides is 1. The average Bonchev–Trinajstić information content (AvgIpc) is 3.66. The molecule has 0 radical (unpaired) electrons. The molecule has 3 heterocycles. The first-order valence-corrected chi connectivity index (χ1v) is 22.7. The number of benzene rings is 1. The molecule has 67 heavy (non-hydrogen) atoms. The first-order chi connectivity index (χ1) is 31.9. The van der Waals surface area contributed by atoms with E-state index in [0.717, 1.165) is 11.6 Å². The van der Waals surface area contributed by atoms with E-state index in [1.807, 2.05) is 26.8 Å². The predicted octanol–water partition coefficient (Wildman–Crippen LogP) is 4.43. The van der Waals surface area contributed by atoms with Gasteiger partial charge in [0, 0.05) is 51.0 Å². The third-order valence-electron chi connectivity index (χ3n) is 12.5. The van der Waals surface area contributed by atoms with E-state index in [0.29, 0.717) is 12.0 Å². The standard InChI is InChI=1S/C51H71NO15/c1-9-10-14-25-41-50(5,6)47(58)48(66-43(56)28-35-22-15-13-16-23-35)51(60,67-41)36(31-63-44-30-40(61-7)45(57)34(4)64-44)49(59)52-27-20-19-21-32(2)46(62-8)33(3)39-29-37(53)38(65-39)24-17-11-12-18-26-42(54)55/h9-26,33-34,36-41,44-48,53,57-58,60H,27-31H2,1-8H3,(H,52,59)(H,54,55)/b10-9-,12-11+,20-19+,24-17+,25-14+,26-18+,32-21+/t33-,34-,36+,37-,38-,39+,40-,41-,44+,45+,46+,47-,48+,51+/m0/s1. The number of aliphatic carboxylic acids is 1. The van der Waals surface area contributed by atoms with E-state index in [1.165, 1.54) is 13.2 Å². The van der Waals surface area contributed by atoms with Gasteiger partial charge < -0.3 is 64.0 Å². The molecule has 1 aromatic rings. The summed E-state index contributed by atoms with van der Waals surface area (Å²) in [4.78, 5) is 38.7. The zero-order valence-electron chi connectivity index (χ0n) is 39.8. The zero-order valence-corrected chi connectivity index (χ0v) is 39.8. The molecule has 6 N–H and O–H groups in total. The van der Waals surface area contributed by atoms with Crippen LogP contribution in [0.3, 0.4) is 0 Å². The van der Waals surface area contributed by atoms with Gasteiger partial charge in [-0.3, -0.25) is 9.59 Å². The van der Waals surface area contributed by atoms with Gasteiger partial charge in [-0.05, 0) is 31.9 Å². The molecule has 3 fully saturated rings. The number of methoxy groups -OCH3 is 2. The van der Waals surface area contributed by atoms with Crippen molar-refractivity contribution in [3.8, 4) is 0 Å². The summed E-state index contributed by atoms with van der Waals surface area (Å²) in [5.41, 5.74) is 0.338. The second-order valence-corrected chi connectivity index (χ2v) is 17.7. The maximum atomic E-state index is 14.5. The Hall–Kier alpha value is -4.59. The summed E-state index contributed by atoms with van der Waals surface area (Å²) in [6, 6.07) is 8.83. The summed E-state index contributed by atoms with van der Waals surface area (Å²) in [6.45, 7) is 10.2. The molecule has 0 aliphatic carbocycles. The molecule has 0 saturated carbocycles. The number of hydrogen-bond donors (Lipinski definition) is 6. The van der Waals surface area contributed by atoms with E-state index >= 15 is 0 Å². The number of allylic oxidation sites excluding steroid dienone is 9. The van der Waals surface area contributed by atoms with Crippen molar-refractivity contribution in [3.63, 3.8) is 0 Å². The molecule has 14 atom stereocenters. The first kappa shape index (κ1) is 55.0. The van der Waals surface area contributed by atoms with Crippen molar-refractivity contribution in [2.75, 3.05) is 27.4 Å². The summed E-state index contributed by atoms with van der Waals surface area (Å²) in [7, 11) is 3.04. The summed E-state index contributed by atoms with van der Waals surface area (Å²) < 4.78 is 42.0. The average molecular weight is 938 g/mol. The number of aliphatic hydroxyl groups excluding tert-OH is 3. The van der Waals surface area contributed by atoms with Crippen molar-refractivity contribution in [1.82, 2.24) is 5.32 Å². The van der Waals surface area contributed by atoms with E-state index < -0.39 is 103 Å². The molecule has 0 unspecified atom stereocenters. The Morgan fingerprint density at radius 3 is 2.33 bits per heavy atom. The summed E-state index contributed by atoms with van der Waals surface area (Å²) in [5.74, 6) is -7.01. The number of rotatable bonds is 22. The van der Waals surface area contributed by atoms with Gasteiger partial charge in [0.2, 0.25) is 11.7 Å². The topological polar surface area (TPSA) is 229 Å². The normalized spacial score (nSPS) is 31.9. The lowest BCUT2D eigenvalue weighted by Gasteiger charge is -2.54. The van der Waals surface area contributed by atoms with E-state index in [1.54, 1.807) is 119 Å². The highest BCUT2D eigenvalue weighted by atomic mass is 16.7. The van der Waals surface area contributed by atoms with Crippen LogP contribution in [0.5, 0.6) is 0 Å². The van der Waals surface area contributed by atoms with Crippen LogP contribution < -0.4 is 5.32 Å². The van der Waals surface area contributed by atoms with Crippen molar-refractivity contribution in [2.45, 2.75) is 134 Å². The number of carboxylic acid groups (broad SMARTS) is 1. The Bertz CT molecular complexity index is 1960. The summed E-state index contributed by atoms with van der Waals surface area (Å²) >= 11 is 0. The Kier molecular flexibility index (Phi) is 21.5. The molecular formula is C51H71NO15. The molecule has 370 valence electrons. The minimum atomic E-state index is -2.65. The fraction of sp³-hybridized carbons (Fsp3) is 0.549. The molecule has 1 aromatic carbocycles. The van der Waals surface area contributed by atoms with Gasteiger partial charge in [-0.15, -0.1) is 0 Å². The highest BCUT2D eigenvalue weighted by molar-refractivity contribution is 5.81. The van der Waals surface area contributed by atoms with Crippen molar-refractivity contribution < 1.29 is 73.1 Å². The van der Waals surface area contributed by atoms with E-state index in [-0.39, 0.29) is 31.4 Å². The quantitative estimate of drug-likeness (QED) is 0.0537.